The van der Waals surface area contributed by atoms with Gasteiger partial charge in [0.05, 0.1) is 6.54 Å². The summed E-state index contributed by atoms with van der Waals surface area (Å²) < 4.78 is 13.8. The number of rotatable bonds is 2. The van der Waals surface area contributed by atoms with Crippen molar-refractivity contribution in [1.29, 1.82) is 0 Å². The highest BCUT2D eigenvalue weighted by Gasteiger charge is 2.09. The molecule has 0 radical (unpaired) electrons. The molecule has 14 heavy (non-hydrogen) atoms. The Labute approximate surface area is 80.6 Å². The van der Waals surface area contributed by atoms with Gasteiger partial charge in [-0.1, -0.05) is 0 Å². The number of halogens is 1. The zero-order valence-corrected chi connectivity index (χ0v) is 7.87. The van der Waals surface area contributed by atoms with Gasteiger partial charge in [-0.05, 0) is 18.6 Å². The summed E-state index contributed by atoms with van der Waals surface area (Å²) in [6.07, 6.45) is 1.67. The van der Waals surface area contributed by atoms with Crippen molar-refractivity contribution in [1.82, 2.24) is 14.5 Å². The maximum atomic E-state index is 12.2. The molecule has 2 N–H and O–H groups in total. The molecule has 0 atom stereocenters. The van der Waals surface area contributed by atoms with Crippen LogP contribution in [0.25, 0.3) is 11.2 Å². The highest BCUT2D eigenvalue weighted by atomic mass is 19.1. The number of nitrogens with two attached hydrogens (primary N) is 1. The van der Waals surface area contributed by atoms with E-state index >= 15 is 0 Å². The number of aryl methyl sites for hydroxylation is 2. The maximum absolute atomic E-state index is 12.2. The molecule has 0 fully saturated rings. The molecule has 0 spiro atoms. The van der Waals surface area contributed by atoms with E-state index in [1.807, 2.05) is 13.0 Å². The molecule has 4 nitrogen and oxygen atoms in total. The van der Waals surface area contributed by atoms with E-state index in [0.29, 0.717) is 11.6 Å². The minimum absolute atomic E-state index is 0.207. The SMILES string of the molecule is Cc1ccnc2c1nc(N)n2CCF. The summed E-state index contributed by atoms with van der Waals surface area (Å²) in [6.45, 7) is 1.67. The molecule has 2 rings (SSSR count). The number of hydrogen-bond acceptors (Lipinski definition) is 3. The molecule has 0 unspecified atom stereocenters. The van der Waals surface area contributed by atoms with Crippen molar-refractivity contribution < 1.29 is 4.39 Å². The molecular weight excluding hydrogens is 183 g/mol. The van der Waals surface area contributed by atoms with Crippen LogP contribution in [0.15, 0.2) is 12.3 Å². The van der Waals surface area contributed by atoms with Gasteiger partial charge < -0.3 is 5.73 Å². The van der Waals surface area contributed by atoms with Crippen molar-refractivity contribution in [3.8, 4) is 0 Å². The molecule has 0 aromatic carbocycles. The number of nitrogens with zero attached hydrogens (tertiary/aromatic N) is 3. The lowest BCUT2D eigenvalue weighted by Gasteiger charge is -2.01. The third-order valence-electron chi connectivity index (χ3n) is 2.17. The Balaban J connectivity index is 2.70. The molecule has 0 amide bonds. The summed E-state index contributed by atoms with van der Waals surface area (Å²) in [4.78, 5) is 8.28. The predicted octanol–water partition coefficient (Wildman–Crippen LogP) is 1.29. The van der Waals surface area contributed by atoms with Crippen molar-refractivity contribution in [2.75, 3.05) is 12.4 Å². The van der Waals surface area contributed by atoms with Gasteiger partial charge >= 0.3 is 0 Å². The van der Waals surface area contributed by atoms with Crippen LogP contribution >= 0.6 is 0 Å². The second-order valence-electron chi connectivity index (χ2n) is 3.11. The summed E-state index contributed by atoms with van der Waals surface area (Å²) >= 11 is 0. The lowest BCUT2D eigenvalue weighted by atomic mass is 10.3. The Bertz CT molecular complexity index is 463. The number of hydrogen-bond donors (Lipinski definition) is 1. The Morgan fingerprint density at radius 3 is 3.07 bits per heavy atom. The number of imidazole rings is 1. The first kappa shape index (κ1) is 8.93. The van der Waals surface area contributed by atoms with Crippen molar-refractivity contribution in [2.24, 2.45) is 0 Å². The van der Waals surface area contributed by atoms with Crippen molar-refractivity contribution >= 4 is 17.1 Å². The van der Waals surface area contributed by atoms with Crippen molar-refractivity contribution in [3.63, 3.8) is 0 Å². The fourth-order valence-electron chi connectivity index (χ4n) is 1.46. The average molecular weight is 194 g/mol. The highest BCUT2D eigenvalue weighted by Crippen LogP contribution is 2.18. The molecule has 2 heterocycles. The summed E-state index contributed by atoms with van der Waals surface area (Å²) in [5, 5.41) is 0. The molecule has 0 saturated heterocycles. The zero-order valence-electron chi connectivity index (χ0n) is 7.87. The fraction of sp³-hybridized carbons (Fsp3) is 0.333. The minimum Gasteiger partial charge on any atom is -0.369 e. The maximum Gasteiger partial charge on any atom is 0.202 e. The van der Waals surface area contributed by atoms with Crippen LogP contribution in [0.4, 0.5) is 10.3 Å². The lowest BCUT2D eigenvalue weighted by molar-refractivity contribution is 0.451. The highest BCUT2D eigenvalue weighted by molar-refractivity contribution is 5.77. The zero-order chi connectivity index (χ0) is 10.1. The molecule has 0 aliphatic rings. The van der Waals surface area contributed by atoms with Crippen LogP contribution in [-0.2, 0) is 6.54 Å². The van der Waals surface area contributed by atoms with E-state index < -0.39 is 6.67 Å². The minimum atomic E-state index is -0.467. The Morgan fingerprint density at radius 2 is 2.36 bits per heavy atom. The summed E-state index contributed by atoms with van der Waals surface area (Å²) in [5.41, 5.74) is 8.05. The van der Waals surface area contributed by atoms with Gasteiger partial charge in [0, 0.05) is 6.20 Å². The number of alkyl halides is 1. The first-order valence-corrected chi connectivity index (χ1v) is 4.37. The summed E-state index contributed by atoms with van der Waals surface area (Å²) in [5.74, 6) is 0.319. The van der Waals surface area contributed by atoms with E-state index in [9.17, 15) is 4.39 Å². The third kappa shape index (κ3) is 1.21. The molecule has 2 aromatic heterocycles. The average Bonchev–Trinajstić information content (AvgIpc) is 2.47. The summed E-state index contributed by atoms with van der Waals surface area (Å²) in [6, 6.07) is 1.86. The Kier molecular flexibility index (Phi) is 2.07. The smallest absolute Gasteiger partial charge is 0.202 e. The van der Waals surface area contributed by atoms with Gasteiger partial charge in [0.15, 0.2) is 5.65 Å². The van der Waals surface area contributed by atoms with E-state index in [0.717, 1.165) is 11.1 Å². The number of pyridine rings is 1. The Morgan fingerprint density at radius 1 is 1.57 bits per heavy atom. The molecule has 2 aromatic rings. The lowest BCUT2D eigenvalue weighted by Crippen LogP contribution is -2.05. The molecule has 0 bridgehead atoms. The fourth-order valence-corrected chi connectivity index (χ4v) is 1.46. The predicted molar refractivity (Wildman–Crippen MR) is 52.7 cm³/mol. The van der Waals surface area contributed by atoms with Gasteiger partial charge in [-0.3, -0.25) is 4.57 Å². The second kappa shape index (κ2) is 3.25. The van der Waals surface area contributed by atoms with E-state index in [1.165, 1.54) is 0 Å². The topological polar surface area (TPSA) is 56.7 Å². The normalized spacial score (nSPS) is 11.0. The van der Waals surface area contributed by atoms with Crippen LogP contribution in [0.3, 0.4) is 0 Å². The van der Waals surface area contributed by atoms with Crippen LogP contribution in [0.5, 0.6) is 0 Å². The molecule has 5 heteroatoms. The van der Waals surface area contributed by atoms with E-state index in [1.54, 1.807) is 10.8 Å². The largest absolute Gasteiger partial charge is 0.369 e. The Hall–Kier alpha value is -1.65. The molecule has 0 aliphatic heterocycles. The van der Waals surface area contributed by atoms with E-state index in [-0.39, 0.29) is 6.54 Å². The van der Waals surface area contributed by atoms with Gasteiger partial charge in [-0.15, -0.1) is 0 Å². The summed E-state index contributed by atoms with van der Waals surface area (Å²) in [7, 11) is 0. The van der Waals surface area contributed by atoms with E-state index in [4.69, 9.17) is 5.73 Å². The van der Waals surface area contributed by atoms with Gasteiger partial charge in [-0.2, -0.15) is 0 Å². The van der Waals surface area contributed by atoms with Crippen molar-refractivity contribution in [3.05, 3.63) is 17.8 Å². The number of fused-ring (bicyclic) bond motifs is 1. The van der Waals surface area contributed by atoms with Gasteiger partial charge in [0.1, 0.15) is 12.2 Å². The first-order chi connectivity index (χ1) is 6.74. The molecule has 74 valence electrons. The van der Waals surface area contributed by atoms with Crippen molar-refractivity contribution in [2.45, 2.75) is 13.5 Å². The van der Waals surface area contributed by atoms with Crippen LogP contribution in [0.2, 0.25) is 0 Å². The third-order valence-corrected chi connectivity index (χ3v) is 2.17. The van der Waals surface area contributed by atoms with Crippen LogP contribution < -0.4 is 5.73 Å². The van der Waals surface area contributed by atoms with Crippen LogP contribution in [0.1, 0.15) is 5.56 Å². The molecule has 0 saturated carbocycles. The number of anilines is 1. The van der Waals surface area contributed by atoms with E-state index in [2.05, 4.69) is 9.97 Å². The van der Waals surface area contributed by atoms with Crippen LogP contribution in [0, 0.1) is 6.92 Å². The first-order valence-electron chi connectivity index (χ1n) is 4.37. The van der Waals surface area contributed by atoms with Crippen LogP contribution in [-0.4, -0.2) is 21.2 Å². The second-order valence-corrected chi connectivity index (χ2v) is 3.11. The number of aromatic nitrogens is 3. The standard InChI is InChI=1S/C9H11FN4/c1-6-2-4-12-8-7(6)13-9(11)14(8)5-3-10/h2,4H,3,5H2,1H3,(H2,11,13). The number of nitrogen functional groups attached to an aromatic ring is 1. The molecular formula is C9H11FN4. The van der Waals surface area contributed by atoms with Gasteiger partial charge in [0.25, 0.3) is 0 Å². The van der Waals surface area contributed by atoms with Gasteiger partial charge in [-0.25, -0.2) is 14.4 Å². The quantitative estimate of drug-likeness (QED) is 0.783. The monoisotopic (exact) mass is 194 g/mol. The van der Waals surface area contributed by atoms with Gasteiger partial charge in [0.2, 0.25) is 5.95 Å². The molecule has 0 aliphatic carbocycles.